The Morgan fingerprint density at radius 3 is 2.54 bits per heavy atom. The predicted octanol–water partition coefficient (Wildman–Crippen LogP) is 6.92. The fraction of sp³-hybridized carbons (Fsp3) is 0.300. The van der Waals surface area contributed by atoms with E-state index in [1.165, 1.54) is 17.0 Å². The molecule has 1 aliphatic rings. The Morgan fingerprint density at radius 1 is 1.05 bits per heavy atom. The number of para-hydroxylation sites is 2. The molecule has 1 N–H and O–H groups in total. The maximum Gasteiger partial charge on any atom is 0.358 e. The van der Waals surface area contributed by atoms with Crippen molar-refractivity contribution >= 4 is 66.4 Å². The number of aryl methyl sites for hydroxylation is 1. The number of nitrogens with zero attached hydrogens (tertiary/aromatic N) is 6. The van der Waals surface area contributed by atoms with Crippen molar-refractivity contribution in [1.29, 1.82) is 0 Å². The molecule has 2 aromatic carbocycles. The first-order valence-electron chi connectivity index (χ1n) is 13.7. The van der Waals surface area contributed by atoms with Gasteiger partial charge in [-0.3, -0.25) is 0 Å². The molecule has 0 radical (unpaired) electrons. The zero-order valence-electron chi connectivity index (χ0n) is 23.2. The average molecular weight is 586 g/mol. The lowest BCUT2D eigenvalue weighted by Gasteiger charge is -2.33. The third kappa shape index (κ3) is 5.73. The van der Waals surface area contributed by atoms with Crippen molar-refractivity contribution in [3.63, 3.8) is 0 Å². The monoisotopic (exact) mass is 585 g/mol. The Kier molecular flexibility index (Phi) is 7.80. The van der Waals surface area contributed by atoms with E-state index in [1.807, 2.05) is 62.2 Å². The van der Waals surface area contributed by atoms with Crippen LogP contribution >= 0.6 is 22.7 Å². The predicted molar refractivity (Wildman–Crippen MR) is 166 cm³/mol. The number of hydrogen-bond donors (Lipinski definition) is 1. The maximum atomic E-state index is 13.0. The van der Waals surface area contributed by atoms with E-state index in [2.05, 4.69) is 49.7 Å². The zero-order valence-corrected chi connectivity index (χ0v) is 24.8. The molecule has 3 aromatic heterocycles. The summed E-state index contributed by atoms with van der Waals surface area (Å²) in [6, 6.07) is 20.5. The highest BCUT2D eigenvalue weighted by Gasteiger charge is 2.30. The minimum Gasteiger partial charge on any atom is -0.461 e. The number of piperidine rings is 1. The topological polar surface area (TPSA) is 96.4 Å². The minimum atomic E-state index is -0.374. The van der Waals surface area contributed by atoms with Gasteiger partial charge >= 0.3 is 5.97 Å². The highest BCUT2D eigenvalue weighted by Crippen LogP contribution is 2.40. The van der Waals surface area contributed by atoms with Gasteiger partial charge in [0.2, 0.25) is 0 Å². The largest absolute Gasteiger partial charge is 0.461 e. The van der Waals surface area contributed by atoms with E-state index >= 15 is 0 Å². The molecule has 0 atom stereocenters. The standard InChI is InChI=1S/C30H31N7O2S2/c1-4-39-28(38)25-26(20-14-16-37(17-15-20)21-10-6-5-7-11-21)41-30(32-25)36(3)24-18-19(2)27(35-34-24)33-29-31-22-12-8-9-13-23(22)40-29/h5-13,18,20H,4,14-17H2,1-3H3,(H,31,33,35). The van der Waals surface area contributed by atoms with Crippen molar-refractivity contribution in [3.8, 4) is 0 Å². The molecule has 9 nitrogen and oxygen atoms in total. The fourth-order valence-electron chi connectivity index (χ4n) is 5.01. The normalized spacial score (nSPS) is 13.9. The summed E-state index contributed by atoms with van der Waals surface area (Å²) < 4.78 is 6.51. The van der Waals surface area contributed by atoms with Gasteiger partial charge in [-0.15, -0.1) is 21.5 Å². The number of thiazole rings is 2. The number of carbonyl (C=O) groups excluding carboxylic acids is 1. The smallest absolute Gasteiger partial charge is 0.358 e. The molecule has 0 saturated carbocycles. The molecule has 0 unspecified atom stereocenters. The number of rotatable bonds is 8. The quantitative estimate of drug-likeness (QED) is 0.195. The molecule has 6 rings (SSSR count). The molecule has 0 bridgehead atoms. The van der Waals surface area contributed by atoms with Gasteiger partial charge in [-0.25, -0.2) is 14.8 Å². The summed E-state index contributed by atoms with van der Waals surface area (Å²) in [5.74, 6) is 1.16. The SMILES string of the molecule is CCOC(=O)c1nc(N(C)c2cc(C)c(Nc3nc4ccccc4s3)nn2)sc1C1CCN(c2ccccc2)CC1. The molecular weight excluding hydrogens is 555 g/mol. The molecule has 1 aliphatic heterocycles. The van der Waals surface area contributed by atoms with Gasteiger partial charge in [-0.05, 0) is 68.5 Å². The zero-order chi connectivity index (χ0) is 28.3. The van der Waals surface area contributed by atoms with E-state index in [0.29, 0.717) is 29.1 Å². The molecule has 0 amide bonds. The van der Waals surface area contributed by atoms with Crippen molar-refractivity contribution in [2.45, 2.75) is 32.6 Å². The van der Waals surface area contributed by atoms with Crippen LogP contribution in [0.2, 0.25) is 0 Å². The number of esters is 1. The third-order valence-corrected chi connectivity index (χ3v) is 9.47. The molecule has 41 heavy (non-hydrogen) atoms. The van der Waals surface area contributed by atoms with Gasteiger partial charge in [0, 0.05) is 30.7 Å². The van der Waals surface area contributed by atoms with Crippen molar-refractivity contribution in [2.24, 2.45) is 0 Å². The summed E-state index contributed by atoms with van der Waals surface area (Å²) in [7, 11) is 1.90. The van der Waals surface area contributed by atoms with E-state index in [1.54, 1.807) is 11.3 Å². The molecule has 1 fully saturated rings. The van der Waals surface area contributed by atoms with Crippen molar-refractivity contribution in [1.82, 2.24) is 20.2 Å². The third-order valence-electron chi connectivity index (χ3n) is 7.22. The fourth-order valence-corrected chi connectivity index (χ4v) is 7.07. The Morgan fingerprint density at radius 2 is 1.80 bits per heavy atom. The summed E-state index contributed by atoms with van der Waals surface area (Å²) in [6.07, 6.45) is 1.88. The number of benzene rings is 2. The van der Waals surface area contributed by atoms with Crippen LogP contribution in [0.3, 0.4) is 0 Å². The van der Waals surface area contributed by atoms with Crippen LogP contribution in [0.25, 0.3) is 10.2 Å². The number of aromatic nitrogens is 4. The second-order valence-corrected chi connectivity index (χ2v) is 12.0. The van der Waals surface area contributed by atoms with Crippen molar-refractivity contribution in [3.05, 3.63) is 76.8 Å². The van der Waals surface area contributed by atoms with E-state index in [0.717, 1.165) is 51.7 Å². The second-order valence-electron chi connectivity index (χ2n) is 9.93. The summed E-state index contributed by atoms with van der Waals surface area (Å²) in [6.45, 7) is 5.96. The van der Waals surface area contributed by atoms with E-state index in [9.17, 15) is 4.79 Å². The summed E-state index contributed by atoms with van der Waals surface area (Å²) in [5, 5.41) is 13.7. The maximum absolute atomic E-state index is 13.0. The molecule has 5 aromatic rings. The molecule has 0 aliphatic carbocycles. The van der Waals surface area contributed by atoms with Gasteiger partial charge in [0.1, 0.15) is 0 Å². The van der Waals surface area contributed by atoms with Crippen LogP contribution in [0.4, 0.5) is 27.6 Å². The number of ether oxygens (including phenoxy) is 1. The number of fused-ring (bicyclic) bond motifs is 1. The first-order valence-corrected chi connectivity index (χ1v) is 15.3. The molecule has 4 heterocycles. The lowest BCUT2D eigenvalue weighted by molar-refractivity contribution is 0.0518. The molecular formula is C30H31N7O2S2. The first-order chi connectivity index (χ1) is 20.0. The lowest BCUT2D eigenvalue weighted by Crippen LogP contribution is -2.33. The Bertz CT molecular complexity index is 1630. The number of carbonyl (C=O) groups is 1. The van der Waals surface area contributed by atoms with Gasteiger partial charge < -0.3 is 19.9 Å². The first kappa shape index (κ1) is 27.1. The number of anilines is 5. The van der Waals surface area contributed by atoms with Crippen LogP contribution in [-0.4, -0.2) is 52.9 Å². The van der Waals surface area contributed by atoms with E-state index < -0.39 is 0 Å². The highest BCUT2D eigenvalue weighted by atomic mass is 32.1. The molecule has 1 saturated heterocycles. The summed E-state index contributed by atoms with van der Waals surface area (Å²) in [5.41, 5.74) is 3.52. The van der Waals surface area contributed by atoms with Gasteiger partial charge in [0.25, 0.3) is 0 Å². The van der Waals surface area contributed by atoms with Crippen LogP contribution in [0.15, 0.2) is 60.7 Å². The second kappa shape index (κ2) is 11.8. The Hall–Kier alpha value is -4.09. The van der Waals surface area contributed by atoms with Crippen molar-refractivity contribution in [2.75, 3.05) is 41.9 Å². The van der Waals surface area contributed by atoms with Crippen LogP contribution in [0.1, 0.15) is 46.6 Å². The average Bonchev–Trinajstić information content (AvgIpc) is 3.63. The van der Waals surface area contributed by atoms with E-state index in [-0.39, 0.29) is 11.9 Å². The van der Waals surface area contributed by atoms with Crippen LogP contribution in [0, 0.1) is 6.92 Å². The van der Waals surface area contributed by atoms with Crippen molar-refractivity contribution < 1.29 is 9.53 Å². The van der Waals surface area contributed by atoms with E-state index in [4.69, 9.17) is 9.72 Å². The summed E-state index contributed by atoms with van der Waals surface area (Å²) in [4.78, 5) is 27.6. The molecule has 0 spiro atoms. The summed E-state index contributed by atoms with van der Waals surface area (Å²) >= 11 is 3.11. The Balaban J connectivity index is 1.21. The molecule has 210 valence electrons. The van der Waals surface area contributed by atoms with Crippen LogP contribution in [0.5, 0.6) is 0 Å². The highest BCUT2D eigenvalue weighted by molar-refractivity contribution is 7.22. The Labute approximate surface area is 246 Å². The van der Waals surface area contributed by atoms with Gasteiger partial charge in [-0.1, -0.05) is 41.7 Å². The number of nitrogens with one attached hydrogen (secondary N) is 1. The molecule has 11 heteroatoms. The van der Waals surface area contributed by atoms with Gasteiger partial charge in [0.15, 0.2) is 27.6 Å². The van der Waals surface area contributed by atoms with Crippen LogP contribution < -0.4 is 15.1 Å². The van der Waals surface area contributed by atoms with Gasteiger partial charge in [-0.2, -0.15) is 0 Å². The van der Waals surface area contributed by atoms with Gasteiger partial charge in [0.05, 0.1) is 16.8 Å². The van der Waals surface area contributed by atoms with Crippen LogP contribution in [-0.2, 0) is 4.74 Å². The number of hydrogen-bond acceptors (Lipinski definition) is 11. The minimum absolute atomic E-state index is 0.238. The lowest BCUT2D eigenvalue weighted by atomic mass is 9.94.